The summed E-state index contributed by atoms with van der Waals surface area (Å²) in [6.45, 7) is 0.291. The highest BCUT2D eigenvalue weighted by molar-refractivity contribution is 7.89. The standard InChI is InChI=1S/C24H21NO2S/c26-28(27,24-17-9-15-19-14-7-8-16-22(19)24)25-18-23(20-10-3-1-4-11-20)21-12-5-2-6-13-21/h1-17,23,25H,18H2. The van der Waals surface area contributed by atoms with Gasteiger partial charge in [-0.05, 0) is 22.6 Å². The fourth-order valence-electron chi connectivity index (χ4n) is 3.50. The van der Waals surface area contributed by atoms with Gasteiger partial charge in [-0.3, -0.25) is 0 Å². The zero-order valence-corrected chi connectivity index (χ0v) is 16.1. The van der Waals surface area contributed by atoms with E-state index in [2.05, 4.69) is 4.72 Å². The lowest BCUT2D eigenvalue weighted by molar-refractivity contribution is 0.578. The van der Waals surface area contributed by atoms with Gasteiger partial charge in [0.15, 0.2) is 0 Å². The second kappa shape index (κ2) is 7.97. The molecule has 0 aliphatic heterocycles. The Morgan fingerprint density at radius 3 is 1.82 bits per heavy atom. The Bertz CT molecular complexity index is 1130. The monoisotopic (exact) mass is 387 g/mol. The predicted octanol–water partition coefficient (Wildman–Crippen LogP) is 4.95. The molecular weight excluding hydrogens is 366 g/mol. The average molecular weight is 388 g/mol. The van der Waals surface area contributed by atoms with Crippen LogP contribution in [-0.2, 0) is 10.0 Å². The minimum atomic E-state index is -3.65. The van der Waals surface area contributed by atoms with Gasteiger partial charge in [0.25, 0.3) is 0 Å². The van der Waals surface area contributed by atoms with Crippen LogP contribution in [0.1, 0.15) is 17.0 Å². The summed E-state index contributed by atoms with van der Waals surface area (Å²) in [5.41, 5.74) is 2.16. The highest BCUT2D eigenvalue weighted by atomic mass is 32.2. The SMILES string of the molecule is O=S(=O)(NCC(c1ccccc1)c1ccccc1)c1cccc2ccccc12. The van der Waals surface area contributed by atoms with Crippen molar-refractivity contribution in [3.8, 4) is 0 Å². The first-order valence-corrected chi connectivity index (χ1v) is 10.7. The highest BCUT2D eigenvalue weighted by Crippen LogP contribution is 2.26. The van der Waals surface area contributed by atoms with Gasteiger partial charge in [-0.1, -0.05) is 97.1 Å². The van der Waals surface area contributed by atoms with Crippen LogP contribution in [0.2, 0.25) is 0 Å². The molecule has 4 heteroatoms. The third-order valence-electron chi connectivity index (χ3n) is 4.92. The lowest BCUT2D eigenvalue weighted by Gasteiger charge is -2.19. The van der Waals surface area contributed by atoms with Gasteiger partial charge < -0.3 is 0 Å². The molecule has 0 spiro atoms. The van der Waals surface area contributed by atoms with Crippen molar-refractivity contribution in [2.45, 2.75) is 10.8 Å². The molecule has 28 heavy (non-hydrogen) atoms. The average Bonchev–Trinajstić information content (AvgIpc) is 2.75. The van der Waals surface area contributed by atoms with Crippen molar-refractivity contribution in [3.05, 3.63) is 114 Å². The molecule has 0 saturated carbocycles. The maximum Gasteiger partial charge on any atom is 0.241 e. The zero-order valence-electron chi connectivity index (χ0n) is 15.3. The van der Waals surface area contributed by atoms with E-state index in [1.807, 2.05) is 91.0 Å². The molecule has 0 fully saturated rings. The van der Waals surface area contributed by atoms with E-state index in [4.69, 9.17) is 0 Å². The van der Waals surface area contributed by atoms with Gasteiger partial charge in [0.1, 0.15) is 0 Å². The summed E-state index contributed by atoms with van der Waals surface area (Å²) in [5, 5.41) is 1.64. The van der Waals surface area contributed by atoms with E-state index < -0.39 is 10.0 Å². The van der Waals surface area contributed by atoms with Gasteiger partial charge in [-0.15, -0.1) is 0 Å². The predicted molar refractivity (Wildman–Crippen MR) is 114 cm³/mol. The van der Waals surface area contributed by atoms with Crippen molar-refractivity contribution in [3.63, 3.8) is 0 Å². The van der Waals surface area contributed by atoms with Crippen molar-refractivity contribution < 1.29 is 8.42 Å². The summed E-state index contributed by atoms with van der Waals surface area (Å²) < 4.78 is 29.0. The topological polar surface area (TPSA) is 46.2 Å². The van der Waals surface area contributed by atoms with Crippen LogP contribution in [0, 0.1) is 0 Å². The molecule has 140 valence electrons. The Morgan fingerprint density at radius 2 is 1.18 bits per heavy atom. The van der Waals surface area contributed by atoms with Crippen molar-refractivity contribution in [1.29, 1.82) is 0 Å². The second-order valence-corrected chi connectivity index (χ2v) is 8.44. The third kappa shape index (κ3) is 3.84. The number of benzene rings is 4. The molecule has 0 amide bonds. The molecule has 4 aromatic carbocycles. The molecule has 4 aromatic rings. The van der Waals surface area contributed by atoms with Crippen LogP contribution in [-0.4, -0.2) is 15.0 Å². The first-order valence-electron chi connectivity index (χ1n) is 9.22. The molecule has 0 saturated heterocycles. The number of fused-ring (bicyclic) bond motifs is 1. The minimum Gasteiger partial charge on any atom is -0.210 e. The highest BCUT2D eigenvalue weighted by Gasteiger charge is 2.21. The van der Waals surface area contributed by atoms with Gasteiger partial charge in [0.05, 0.1) is 4.90 Å². The Hall–Kier alpha value is -2.95. The van der Waals surface area contributed by atoms with E-state index in [9.17, 15) is 8.42 Å². The van der Waals surface area contributed by atoms with E-state index in [1.54, 1.807) is 12.1 Å². The van der Waals surface area contributed by atoms with E-state index in [0.29, 0.717) is 11.4 Å². The van der Waals surface area contributed by atoms with Crippen LogP contribution < -0.4 is 4.72 Å². The Kier molecular flexibility index (Phi) is 5.24. The van der Waals surface area contributed by atoms with E-state index >= 15 is 0 Å². The van der Waals surface area contributed by atoms with Crippen molar-refractivity contribution in [1.82, 2.24) is 4.72 Å². The quantitative estimate of drug-likeness (QED) is 0.509. The fraction of sp³-hybridized carbons (Fsp3) is 0.0833. The van der Waals surface area contributed by atoms with Crippen molar-refractivity contribution >= 4 is 20.8 Å². The Labute approximate surface area is 165 Å². The lowest BCUT2D eigenvalue weighted by atomic mass is 9.92. The maximum atomic E-state index is 13.1. The molecule has 0 bridgehead atoms. The smallest absolute Gasteiger partial charge is 0.210 e. The van der Waals surface area contributed by atoms with Crippen LogP contribution in [0.15, 0.2) is 108 Å². The largest absolute Gasteiger partial charge is 0.241 e. The molecule has 4 rings (SSSR count). The fourth-order valence-corrected chi connectivity index (χ4v) is 4.77. The summed E-state index contributed by atoms with van der Waals surface area (Å²) in [4.78, 5) is 0.311. The Balaban J connectivity index is 1.67. The number of hydrogen-bond donors (Lipinski definition) is 1. The maximum absolute atomic E-state index is 13.1. The summed E-state index contributed by atoms with van der Waals surface area (Å²) in [7, 11) is -3.65. The summed E-state index contributed by atoms with van der Waals surface area (Å²) >= 11 is 0. The summed E-state index contributed by atoms with van der Waals surface area (Å²) in [6, 6.07) is 32.9. The van der Waals surface area contributed by atoms with Gasteiger partial charge in [0.2, 0.25) is 10.0 Å². The minimum absolute atomic E-state index is 0.0628. The molecule has 1 N–H and O–H groups in total. The first-order chi connectivity index (χ1) is 13.6. The van der Waals surface area contributed by atoms with Crippen LogP contribution in [0.4, 0.5) is 0 Å². The second-order valence-electron chi connectivity index (χ2n) is 6.70. The van der Waals surface area contributed by atoms with E-state index in [1.165, 1.54) is 0 Å². The summed E-state index contributed by atoms with van der Waals surface area (Å²) in [5.74, 6) is -0.0628. The van der Waals surface area contributed by atoms with Crippen LogP contribution >= 0.6 is 0 Å². The molecule has 0 aliphatic rings. The molecule has 0 unspecified atom stereocenters. The number of nitrogens with one attached hydrogen (secondary N) is 1. The molecular formula is C24H21NO2S. The Morgan fingerprint density at radius 1 is 0.643 bits per heavy atom. The molecule has 0 aromatic heterocycles. The van der Waals surface area contributed by atoms with E-state index in [0.717, 1.165) is 21.9 Å². The van der Waals surface area contributed by atoms with Gasteiger partial charge in [-0.25, -0.2) is 13.1 Å². The number of hydrogen-bond acceptors (Lipinski definition) is 2. The normalized spacial score (nSPS) is 11.8. The molecule has 0 aliphatic carbocycles. The number of sulfonamides is 1. The first kappa shape index (κ1) is 18.4. The van der Waals surface area contributed by atoms with Crippen molar-refractivity contribution in [2.75, 3.05) is 6.54 Å². The van der Waals surface area contributed by atoms with Gasteiger partial charge >= 0.3 is 0 Å². The number of rotatable bonds is 6. The summed E-state index contributed by atoms with van der Waals surface area (Å²) in [6.07, 6.45) is 0. The van der Waals surface area contributed by atoms with Crippen LogP contribution in [0.25, 0.3) is 10.8 Å². The molecule has 0 atom stereocenters. The van der Waals surface area contributed by atoms with Crippen LogP contribution in [0.3, 0.4) is 0 Å². The molecule has 3 nitrogen and oxygen atoms in total. The van der Waals surface area contributed by atoms with Crippen LogP contribution in [0.5, 0.6) is 0 Å². The molecule has 0 radical (unpaired) electrons. The molecule has 0 heterocycles. The van der Waals surface area contributed by atoms with Gasteiger partial charge in [-0.2, -0.15) is 0 Å². The lowest BCUT2D eigenvalue weighted by Crippen LogP contribution is -2.29. The van der Waals surface area contributed by atoms with Gasteiger partial charge in [0, 0.05) is 17.8 Å². The van der Waals surface area contributed by atoms with E-state index in [-0.39, 0.29) is 5.92 Å². The van der Waals surface area contributed by atoms with Crippen molar-refractivity contribution in [2.24, 2.45) is 0 Å². The zero-order chi connectivity index (χ0) is 19.4. The third-order valence-corrected chi connectivity index (χ3v) is 6.40.